The van der Waals surface area contributed by atoms with Crippen molar-refractivity contribution in [2.75, 3.05) is 7.11 Å². The van der Waals surface area contributed by atoms with Crippen molar-refractivity contribution in [3.63, 3.8) is 0 Å². The lowest BCUT2D eigenvalue weighted by atomic mass is 9.85. The number of halogens is 1. The van der Waals surface area contributed by atoms with Gasteiger partial charge in [0, 0.05) is 12.5 Å². The lowest BCUT2D eigenvalue weighted by molar-refractivity contribution is -0.148. The number of methoxy groups -OCH3 is 1. The van der Waals surface area contributed by atoms with E-state index < -0.39 is 35.3 Å². The predicted molar refractivity (Wildman–Crippen MR) is 103 cm³/mol. The van der Waals surface area contributed by atoms with Gasteiger partial charge in [0.05, 0.1) is 17.5 Å². The van der Waals surface area contributed by atoms with Crippen molar-refractivity contribution in [1.29, 1.82) is 0 Å². The van der Waals surface area contributed by atoms with E-state index in [2.05, 4.69) is 17.2 Å². The van der Waals surface area contributed by atoms with Crippen molar-refractivity contribution in [3.8, 4) is 5.75 Å². The SMILES string of the molecule is C=CC(=O)N[C@H](Cc1ccc(OC)c(Cl)c1)C(=O)N[C@@H](C)C(C)(C)C(=O)O. The van der Waals surface area contributed by atoms with Crippen LogP contribution in [0.5, 0.6) is 5.75 Å². The fourth-order valence-corrected chi connectivity index (χ4v) is 2.47. The Morgan fingerprint density at radius 2 is 1.96 bits per heavy atom. The molecule has 1 aromatic carbocycles. The van der Waals surface area contributed by atoms with Crippen molar-refractivity contribution in [2.45, 2.75) is 39.3 Å². The molecule has 0 unspecified atom stereocenters. The molecule has 0 fully saturated rings. The maximum Gasteiger partial charge on any atom is 0.311 e. The van der Waals surface area contributed by atoms with E-state index in [-0.39, 0.29) is 6.42 Å². The van der Waals surface area contributed by atoms with Crippen LogP contribution in [-0.4, -0.2) is 42.1 Å². The number of aliphatic carboxylic acids is 1. The summed E-state index contributed by atoms with van der Waals surface area (Å²) >= 11 is 6.11. The number of hydrogen-bond donors (Lipinski definition) is 3. The third kappa shape index (κ3) is 5.99. The summed E-state index contributed by atoms with van der Waals surface area (Å²) in [4.78, 5) is 35.8. The van der Waals surface area contributed by atoms with Crippen molar-refractivity contribution in [3.05, 3.63) is 41.4 Å². The topological polar surface area (TPSA) is 105 Å². The van der Waals surface area contributed by atoms with Crippen LogP contribution in [0.4, 0.5) is 0 Å². The number of amides is 2. The monoisotopic (exact) mass is 396 g/mol. The van der Waals surface area contributed by atoms with E-state index in [1.807, 2.05) is 0 Å². The summed E-state index contributed by atoms with van der Waals surface area (Å²) < 4.78 is 5.10. The Morgan fingerprint density at radius 1 is 1.33 bits per heavy atom. The van der Waals surface area contributed by atoms with Crippen molar-refractivity contribution in [1.82, 2.24) is 10.6 Å². The van der Waals surface area contributed by atoms with E-state index in [4.69, 9.17) is 16.3 Å². The highest BCUT2D eigenvalue weighted by atomic mass is 35.5. The molecule has 0 heterocycles. The maximum atomic E-state index is 12.7. The Labute approximate surface area is 163 Å². The highest BCUT2D eigenvalue weighted by Crippen LogP contribution is 2.25. The van der Waals surface area contributed by atoms with Gasteiger partial charge in [-0.25, -0.2) is 0 Å². The van der Waals surface area contributed by atoms with E-state index in [9.17, 15) is 19.5 Å². The lowest BCUT2D eigenvalue weighted by Gasteiger charge is -2.29. The third-order valence-electron chi connectivity index (χ3n) is 4.47. The molecule has 148 valence electrons. The molecule has 0 saturated carbocycles. The minimum Gasteiger partial charge on any atom is -0.495 e. The molecular formula is C19H25ClN2O5. The fourth-order valence-electron chi connectivity index (χ4n) is 2.19. The molecule has 0 radical (unpaired) electrons. The van der Waals surface area contributed by atoms with Crippen LogP contribution >= 0.6 is 11.6 Å². The summed E-state index contributed by atoms with van der Waals surface area (Å²) in [6.07, 6.45) is 1.22. The van der Waals surface area contributed by atoms with Gasteiger partial charge >= 0.3 is 5.97 Å². The standard InChI is InChI=1S/C19H25ClN2O5/c1-6-16(23)22-14(10-12-7-8-15(27-5)13(20)9-12)17(24)21-11(2)19(3,4)18(25)26/h6-9,11,14H,1,10H2,2-5H3,(H,21,24)(H,22,23)(H,25,26)/t11-,14+/m0/s1. The van der Waals surface area contributed by atoms with E-state index in [0.29, 0.717) is 16.3 Å². The zero-order valence-electron chi connectivity index (χ0n) is 15.8. The maximum absolute atomic E-state index is 12.7. The average Bonchev–Trinajstić information content (AvgIpc) is 2.60. The van der Waals surface area contributed by atoms with Gasteiger partial charge in [0.15, 0.2) is 0 Å². The van der Waals surface area contributed by atoms with Crippen LogP contribution < -0.4 is 15.4 Å². The van der Waals surface area contributed by atoms with Gasteiger partial charge in [-0.05, 0) is 44.5 Å². The van der Waals surface area contributed by atoms with Gasteiger partial charge in [-0.3, -0.25) is 14.4 Å². The van der Waals surface area contributed by atoms with Gasteiger partial charge in [-0.15, -0.1) is 0 Å². The van der Waals surface area contributed by atoms with Crippen molar-refractivity contribution < 1.29 is 24.2 Å². The number of hydrogen-bond acceptors (Lipinski definition) is 4. The molecule has 3 N–H and O–H groups in total. The second-order valence-electron chi connectivity index (χ2n) is 6.70. The molecule has 0 aliphatic rings. The Hall–Kier alpha value is -2.54. The van der Waals surface area contributed by atoms with Crippen LogP contribution in [0.1, 0.15) is 26.3 Å². The smallest absolute Gasteiger partial charge is 0.311 e. The largest absolute Gasteiger partial charge is 0.495 e. The Kier molecular flexibility index (Phi) is 7.84. The number of carbonyl (C=O) groups is 3. The van der Waals surface area contributed by atoms with Crippen LogP contribution in [0, 0.1) is 5.41 Å². The predicted octanol–water partition coefficient (Wildman–Crippen LogP) is 2.18. The number of carboxylic acids is 1. The molecule has 0 aromatic heterocycles. The first-order chi connectivity index (χ1) is 12.5. The fraction of sp³-hybridized carbons (Fsp3) is 0.421. The summed E-state index contributed by atoms with van der Waals surface area (Å²) in [5.41, 5.74) is -0.470. The Bertz CT molecular complexity index is 733. The third-order valence-corrected chi connectivity index (χ3v) is 4.76. The van der Waals surface area contributed by atoms with Gasteiger partial charge < -0.3 is 20.5 Å². The van der Waals surface area contributed by atoms with Crippen molar-refractivity contribution >= 4 is 29.4 Å². The first-order valence-electron chi connectivity index (χ1n) is 8.32. The highest BCUT2D eigenvalue weighted by molar-refractivity contribution is 6.32. The number of ether oxygens (including phenoxy) is 1. The molecule has 0 bridgehead atoms. The molecule has 0 spiro atoms. The molecular weight excluding hydrogens is 372 g/mol. The quantitative estimate of drug-likeness (QED) is 0.555. The van der Waals surface area contributed by atoms with Crippen LogP contribution in [0.15, 0.2) is 30.9 Å². The summed E-state index contributed by atoms with van der Waals surface area (Å²) in [5.74, 6) is -1.56. The zero-order chi connectivity index (χ0) is 20.8. The molecule has 2 amide bonds. The highest BCUT2D eigenvalue weighted by Gasteiger charge is 2.36. The number of benzene rings is 1. The first-order valence-corrected chi connectivity index (χ1v) is 8.69. The van der Waals surface area contributed by atoms with Gasteiger partial charge in [0.2, 0.25) is 11.8 Å². The number of carbonyl (C=O) groups excluding carboxylic acids is 2. The number of rotatable bonds is 9. The number of carboxylic acid groups (broad SMARTS) is 1. The summed E-state index contributed by atoms with van der Waals surface area (Å²) in [6.45, 7) is 8.01. The van der Waals surface area contributed by atoms with Crippen LogP contribution in [0.3, 0.4) is 0 Å². The molecule has 7 nitrogen and oxygen atoms in total. The normalized spacial score (nSPS) is 13.2. The van der Waals surface area contributed by atoms with E-state index in [1.54, 1.807) is 25.1 Å². The Balaban J connectivity index is 3.01. The van der Waals surface area contributed by atoms with Gasteiger partial charge in [0.25, 0.3) is 0 Å². The van der Waals surface area contributed by atoms with Crippen LogP contribution in [-0.2, 0) is 20.8 Å². The van der Waals surface area contributed by atoms with Crippen molar-refractivity contribution in [2.24, 2.45) is 5.41 Å². The van der Waals surface area contributed by atoms with Gasteiger partial charge in [-0.1, -0.05) is 24.2 Å². The summed E-state index contributed by atoms with van der Waals surface area (Å²) in [5, 5.41) is 14.9. The molecule has 0 aliphatic carbocycles. The zero-order valence-corrected chi connectivity index (χ0v) is 16.6. The summed E-state index contributed by atoms with van der Waals surface area (Å²) in [6, 6.07) is 3.45. The number of nitrogens with one attached hydrogen (secondary N) is 2. The average molecular weight is 397 g/mol. The minimum absolute atomic E-state index is 0.162. The molecule has 27 heavy (non-hydrogen) atoms. The van der Waals surface area contributed by atoms with Gasteiger partial charge in [0.1, 0.15) is 11.8 Å². The van der Waals surface area contributed by atoms with Crippen LogP contribution in [0.2, 0.25) is 5.02 Å². The molecule has 2 atom stereocenters. The lowest BCUT2D eigenvalue weighted by Crippen LogP contribution is -2.54. The molecule has 1 aromatic rings. The second kappa shape index (κ2) is 9.41. The molecule has 8 heteroatoms. The van der Waals surface area contributed by atoms with E-state index in [0.717, 1.165) is 6.08 Å². The molecule has 1 rings (SSSR count). The second-order valence-corrected chi connectivity index (χ2v) is 7.10. The first kappa shape index (κ1) is 22.5. The van der Waals surface area contributed by atoms with E-state index >= 15 is 0 Å². The minimum atomic E-state index is -1.17. The summed E-state index contributed by atoms with van der Waals surface area (Å²) in [7, 11) is 1.49. The van der Waals surface area contributed by atoms with E-state index in [1.165, 1.54) is 21.0 Å². The Morgan fingerprint density at radius 3 is 2.44 bits per heavy atom. The van der Waals surface area contributed by atoms with Crippen LogP contribution in [0.25, 0.3) is 0 Å². The van der Waals surface area contributed by atoms with Gasteiger partial charge in [-0.2, -0.15) is 0 Å². The molecule has 0 aliphatic heterocycles. The molecule has 0 saturated heterocycles.